The van der Waals surface area contributed by atoms with Crippen LogP contribution in [-0.4, -0.2) is 48.6 Å². The van der Waals surface area contributed by atoms with Gasteiger partial charge in [-0.2, -0.15) is 5.10 Å². The third-order valence-electron chi connectivity index (χ3n) is 4.57. The second kappa shape index (κ2) is 6.00. The number of aromatic nitrogens is 5. The molecule has 1 aromatic carbocycles. The van der Waals surface area contributed by atoms with E-state index in [4.69, 9.17) is 0 Å². The summed E-state index contributed by atoms with van der Waals surface area (Å²) in [6.45, 7) is 0.895. The Balaban J connectivity index is 1.59. The Labute approximate surface area is 141 Å². The molecule has 3 aromatic rings. The van der Waals surface area contributed by atoms with E-state index in [0.717, 1.165) is 0 Å². The number of nitrogens with zero attached hydrogens (tertiary/aromatic N) is 4. The molecule has 9 nitrogen and oxygen atoms in total. The van der Waals surface area contributed by atoms with Crippen molar-refractivity contribution in [1.29, 1.82) is 0 Å². The number of hydrogen-bond donors (Lipinski definition) is 2. The maximum atomic E-state index is 12.7. The molecule has 1 amide bonds. The lowest BCUT2D eigenvalue weighted by atomic mass is 10.0. The van der Waals surface area contributed by atoms with Gasteiger partial charge in [-0.3, -0.25) is 19.3 Å². The predicted octanol–water partition coefficient (Wildman–Crippen LogP) is 0.285. The van der Waals surface area contributed by atoms with Crippen LogP contribution in [0.1, 0.15) is 29.5 Å². The second-order valence-electron chi connectivity index (χ2n) is 6.01. The molecule has 0 bridgehead atoms. The molecule has 25 heavy (non-hydrogen) atoms. The van der Waals surface area contributed by atoms with Crippen LogP contribution in [0.5, 0.6) is 0 Å². The van der Waals surface area contributed by atoms with Gasteiger partial charge in [0.1, 0.15) is 6.33 Å². The van der Waals surface area contributed by atoms with Crippen LogP contribution in [0, 0.1) is 0 Å². The summed E-state index contributed by atoms with van der Waals surface area (Å²) < 4.78 is 1.28. The van der Waals surface area contributed by atoms with Crippen molar-refractivity contribution in [2.45, 2.75) is 18.9 Å². The zero-order valence-electron chi connectivity index (χ0n) is 13.3. The Kier molecular flexibility index (Phi) is 3.68. The van der Waals surface area contributed by atoms with Crippen molar-refractivity contribution in [3.63, 3.8) is 0 Å². The van der Waals surface area contributed by atoms with Crippen molar-refractivity contribution >= 4 is 16.8 Å². The van der Waals surface area contributed by atoms with Gasteiger partial charge in [0.2, 0.25) is 5.82 Å². The van der Waals surface area contributed by atoms with E-state index in [1.807, 2.05) is 0 Å². The minimum Gasteiger partial charge on any atom is -0.336 e. The van der Waals surface area contributed by atoms with Gasteiger partial charge < -0.3 is 9.88 Å². The average Bonchev–Trinajstić information content (AvgIpc) is 3.16. The molecular weight excluding hydrogens is 324 g/mol. The van der Waals surface area contributed by atoms with Crippen molar-refractivity contribution in [3.8, 4) is 0 Å². The molecule has 2 aromatic heterocycles. The van der Waals surface area contributed by atoms with E-state index in [0.29, 0.717) is 36.8 Å². The molecule has 0 atom stereocenters. The molecule has 2 N–H and O–H groups in total. The maximum Gasteiger partial charge on any atom is 0.329 e. The fourth-order valence-corrected chi connectivity index (χ4v) is 3.29. The SMILES string of the molecule is O=C(c1ncn[nH]1)N1CCC(n2c(=O)[nH]c3ccccc3c2=O)CC1. The van der Waals surface area contributed by atoms with Crippen molar-refractivity contribution < 1.29 is 4.79 Å². The highest BCUT2D eigenvalue weighted by molar-refractivity contribution is 5.90. The first-order valence-electron chi connectivity index (χ1n) is 8.03. The summed E-state index contributed by atoms with van der Waals surface area (Å²) in [6, 6.07) is 6.72. The Morgan fingerprint density at radius 2 is 1.92 bits per heavy atom. The van der Waals surface area contributed by atoms with Gasteiger partial charge in [-0.15, -0.1) is 0 Å². The number of aromatic amines is 2. The molecule has 0 spiro atoms. The van der Waals surface area contributed by atoms with Gasteiger partial charge in [0.25, 0.3) is 11.5 Å². The van der Waals surface area contributed by atoms with Crippen molar-refractivity contribution in [2.75, 3.05) is 13.1 Å². The topological polar surface area (TPSA) is 117 Å². The average molecular weight is 340 g/mol. The van der Waals surface area contributed by atoms with Gasteiger partial charge in [-0.25, -0.2) is 9.78 Å². The molecule has 9 heteroatoms. The van der Waals surface area contributed by atoms with Crippen LogP contribution in [0.3, 0.4) is 0 Å². The quantitative estimate of drug-likeness (QED) is 0.695. The summed E-state index contributed by atoms with van der Waals surface area (Å²) in [4.78, 5) is 45.6. The molecular formula is C16H16N6O3. The lowest BCUT2D eigenvalue weighted by Crippen LogP contribution is -2.45. The van der Waals surface area contributed by atoms with Crippen molar-refractivity contribution in [1.82, 2.24) is 29.6 Å². The van der Waals surface area contributed by atoms with Crippen LogP contribution in [-0.2, 0) is 0 Å². The van der Waals surface area contributed by atoms with E-state index >= 15 is 0 Å². The molecule has 3 heterocycles. The summed E-state index contributed by atoms with van der Waals surface area (Å²) in [7, 11) is 0. The van der Waals surface area contributed by atoms with Crippen LogP contribution in [0.4, 0.5) is 0 Å². The second-order valence-corrected chi connectivity index (χ2v) is 6.01. The van der Waals surface area contributed by atoms with Crippen molar-refractivity contribution in [3.05, 3.63) is 57.3 Å². The van der Waals surface area contributed by atoms with Gasteiger partial charge in [0, 0.05) is 19.1 Å². The summed E-state index contributed by atoms with van der Waals surface area (Å²) >= 11 is 0. The Morgan fingerprint density at radius 1 is 1.16 bits per heavy atom. The minimum absolute atomic E-state index is 0.194. The first-order valence-corrected chi connectivity index (χ1v) is 8.03. The Bertz CT molecular complexity index is 1030. The number of carbonyl (C=O) groups is 1. The van der Waals surface area contributed by atoms with Gasteiger partial charge >= 0.3 is 5.69 Å². The largest absolute Gasteiger partial charge is 0.336 e. The zero-order chi connectivity index (χ0) is 17.4. The maximum absolute atomic E-state index is 12.7. The Hall–Kier alpha value is -3.23. The number of hydrogen-bond acceptors (Lipinski definition) is 5. The number of benzene rings is 1. The normalized spacial score (nSPS) is 15.6. The summed E-state index contributed by atoms with van der Waals surface area (Å²) in [5, 5.41) is 6.72. The minimum atomic E-state index is -0.413. The number of nitrogens with one attached hydrogen (secondary N) is 2. The van der Waals surface area contributed by atoms with Gasteiger partial charge in [-0.1, -0.05) is 12.1 Å². The van der Waals surface area contributed by atoms with Crippen LogP contribution >= 0.6 is 0 Å². The van der Waals surface area contributed by atoms with Gasteiger partial charge in [0.05, 0.1) is 10.9 Å². The van der Waals surface area contributed by atoms with Crippen LogP contribution in [0.15, 0.2) is 40.2 Å². The van der Waals surface area contributed by atoms with Crippen LogP contribution in [0.2, 0.25) is 0 Å². The third-order valence-corrected chi connectivity index (χ3v) is 4.57. The number of H-pyrrole nitrogens is 2. The molecule has 1 saturated heterocycles. The third kappa shape index (κ3) is 2.63. The molecule has 1 fully saturated rings. The van der Waals surface area contributed by atoms with Gasteiger partial charge in [0.15, 0.2) is 0 Å². The number of amides is 1. The lowest BCUT2D eigenvalue weighted by Gasteiger charge is -2.31. The van der Waals surface area contributed by atoms with Crippen molar-refractivity contribution in [2.24, 2.45) is 0 Å². The van der Waals surface area contributed by atoms with E-state index < -0.39 is 5.69 Å². The number of fused-ring (bicyclic) bond motifs is 1. The van der Waals surface area contributed by atoms with Crippen LogP contribution in [0.25, 0.3) is 10.9 Å². The standard InChI is InChI=1S/C16H16N6O3/c23-14-11-3-1-2-4-12(11)19-16(25)22(14)10-5-7-21(8-6-10)15(24)13-17-9-18-20-13/h1-4,9-10H,5-8H2,(H,19,25)(H,17,18,20). The molecule has 1 aliphatic heterocycles. The van der Waals surface area contributed by atoms with E-state index in [-0.39, 0.29) is 23.3 Å². The summed E-state index contributed by atoms with van der Waals surface area (Å²) in [5.74, 6) is -0.0325. The van der Waals surface area contributed by atoms with E-state index in [1.54, 1.807) is 29.2 Å². The molecule has 4 rings (SSSR count). The molecule has 0 unspecified atom stereocenters. The fraction of sp³-hybridized carbons (Fsp3) is 0.312. The smallest absolute Gasteiger partial charge is 0.329 e. The lowest BCUT2D eigenvalue weighted by molar-refractivity contribution is 0.0680. The molecule has 0 radical (unpaired) electrons. The zero-order valence-corrected chi connectivity index (χ0v) is 13.3. The fourth-order valence-electron chi connectivity index (χ4n) is 3.29. The number of para-hydroxylation sites is 1. The van der Waals surface area contributed by atoms with Crippen LogP contribution < -0.4 is 11.2 Å². The molecule has 128 valence electrons. The van der Waals surface area contributed by atoms with E-state index in [9.17, 15) is 14.4 Å². The van der Waals surface area contributed by atoms with E-state index in [1.165, 1.54) is 10.9 Å². The number of piperidine rings is 1. The monoisotopic (exact) mass is 340 g/mol. The molecule has 0 aliphatic carbocycles. The highest BCUT2D eigenvalue weighted by Crippen LogP contribution is 2.21. The molecule has 1 aliphatic rings. The first kappa shape index (κ1) is 15.3. The highest BCUT2D eigenvalue weighted by Gasteiger charge is 2.27. The Morgan fingerprint density at radius 3 is 2.64 bits per heavy atom. The molecule has 0 saturated carbocycles. The predicted molar refractivity (Wildman–Crippen MR) is 89.4 cm³/mol. The van der Waals surface area contributed by atoms with E-state index in [2.05, 4.69) is 20.2 Å². The summed E-state index contributed by atoms with van der Waals surface area (Å²) in [6.07, 6.45) is 2.34. The summed E-state index contributed by atoms with van der Waals surface area (Å²) in [5.41, 5.74) is -0.172. The number of likely N-dealkylation sites (tertiary alicyclic amines) is 1. The number of rotatable bonds is 2. The highest BCUT2D eigenvalue weighted by atomic mass is 16.2. The van der Waals surface area contributed by atoms with Gasteiger partial charge in [-0.05, 0) is 25.0 Å². The number of carbonyl (C=O) groups excluding carboxylic acids is 1. The first-order chi connectivity index (χ1) is 12.1.